The number of carboxylic acid groups (broad SMARTS) is 1. The Bertz CT molecular complexity index is 342. The van der Waals surface area contributed by atoms with Crippen LogP contribution in [0.4, 0.5) is 0 Å². The Balaban J connectivity index is 2.36. The number of nitrogens with zero attached hydrogens (tertiary/aromatic N) is 1. The number of primary sulfonamides is 1. The van der Waals surface area contributed by atoms with Crippen molar-refractivity contribution < 1.29 is 23.1 Å². The van der Waals surface area contributed by atoms with Crippen molar-refractivity contribution in [2.45, 2.75) is 12.5 Å². The number of rotatable bonds is 5. The first kappa shape index (κ1) is 13.4. The molecule has 0 aromatic carbocycles. The van der Waals surface area contributed by atoms with Crippen molar-refractivity contribution in [2.24, 2.45) is 5.14 Å². The highest BCUT2D eigenvalue weighted by molar-refractivity contribution is 7.89. The van der Waals surface area contributed by atoms with E-state index in [1.165, 1.54) is 0 Å². The minimum absolute atomic E-state index is 0.0636. The van der Waals surface area contributed by atoms with Crippen molar-refractivity contribution in [3.63, 3.8) is 0 Å². The average Bonchev–Trinajstić information content (AvgIpc) is 2.13. The summed E-state index contributed by atoms with van der Waals surface area (Å²) in [6.45, 7) is 1.77. The standard InChI is InChI=1S/C8H16N2O5S/c9-16(13,14)4-2-10-1-3-15-7(6-10)5-8(11)12/h7H,1-6H2,(H,11,12)(H2,9,13,14). The lowest BCUT2D eigenvalue weighted by molar-refractivity contribution is -0.142. The smallest absolute Gasteiger partial charge is 0.306 e. The van der Waals surface area contributed by atoms with Gasteiger partial charge in [-0.25, -0.2) is 13.6 Å². The average molecular weight is 252 g/mol. The lowest BCUT2D eigenvalue weighted by Crippen LogP contribution is -2.45. The van der Waals surface area contributed by atoms with E-state index in [4.69, 9.17) is 15.0 Å². The second kappa shape index (κ2) is 5.58. The number of carbonyl (C=O) groups is 1. The lowest BCUT2D eigenvalue weighted by atomic mass is 10.2. The predicted octanol–water partition coefficient (Wildman–Crippen LogP) is -1.55. The molecule has 7 nitrogen and oxygen atoms in total. The van der Waals surface area contributed by atoms with Crippen molar-refractivity contribution in [2.75, 3.05) is 32.0 Å². The second-order valence-corrected chi connectivity index (χ2v) is 5.49. The van der Waals surface area contributed by atoms with Crippen LogP contribution in [0.15, 0.2) is 0 Å². The molecule has 1 heterocycles. The van der Waals surface area contributed by atoms with Crippen LogP contribution in [0.25, 0.3) is 0 Å². The minimum atomic E-state index is -3.46. The quantitative estimate of drug-likeness (QED) is 0.613. The van der Waals surface area contributed by atoms with E-state index in [-0.39, 0.29) is 18.3 Å². The maximum Gasteiger partial charge on any atom is 0.306 e. The number of ether oxygens (including phenoxy) is 1. The topological polar surface area (TPSA) is 110 Å². The fourth-order valence-electron chi connectivity index (χ4n) is 1.56. The number of hydrogen-bond acceptors (Lipinski definition) is 5. The third-order valence-corrected chi connectivity index (χ3v) is 3.07. The zero-order valence-corrected chi connectivity index (χ0v) is 9.65. The molecule has 0 aromatic heterocycles. The van der Waals surface area contributed by atoms with Crippen molar-refractivity contribution >= 4 is 16.0 Å². The van der Waals surface area contributed by atoms with Gasteiger partial charge in [0.2, 0.25) is 10.0 Å². The summed E-state index contributed by atoms with van der Waals surface area (Å²) in [5.41, 5.74) is 0. The van der Waals surface area contributed by atoms with E-state index in [1.807, 2.05) is 4.90 Å². The molecular formula is C8H16N2O5S. The molecule has 0 spiro atoms. The van der Waals surface area contributed by atoms with E-state index < -0.39 is 16.0 Å². The number of morpholine rings is 1. The number of hydrogen-bond donors (Lipinski definition) is 2. The number of aliphatic carboxylic acids is 1. The van der Waals surface area contributed by atoms with Crippen LogP contribution >= 0.6 is 0 Å². The molecule has 0 radical (unpaired) electrons. The van der Waals surface area contributed by atoms with Gasteiger partial charge in [0.1, 0.15) is 0 Å². The minimum Gasteiger partial charge on any atom is -0.481 e. The SMILES string of the molecule is NS(=O)(=O)CCN1CCOC(CC(=O)O)C1. The van der Waals surface area contributed by atoms with Crippen molar-refractivity contribution in [3.05, 3.63) is 0 Å². The van der Waals surface area contributed by atoms with Gasteiger partial charge in [-0.1, -0.05) is 0 Å². The van der Waals surface area contributed by atoms with Gasteiger partial charge >= 0.3 is 5.97 Å². The van der Waals surface area contributed by atoms with Crippen LogP contribution in [0.2, 0.25) is 0 Å². The maximum absolute atomic E-state index is 10.8. The molecule has 0 bridgehead atoms. The summed E-state index contributed by atoms with van der Waals surface area (Å²) in [6.07, 6.45) is -0.432. The van der Waals surface area contributed by atoms with Gasteiger partial charge in [0.05, 0.1) is 24.9 Å². The molecule has 0 aliphatic carbocycles. The van der Waals surface area contributed by atoms with Gasteiger partial charge in [-0.2, -0.15) is 0 Å². The monoisotopic (exact) mass is 252 g/mol. The first-order valence-electron chi connectivity index (χ1n) is 4.93. The molecule has 1 unspecified atom stereocenters. The summed E-state index contributed by atoms with van der Waals surface area (Å²) in [6, 6.07) is 0. The molecule has 1 aliphatic rings. The van der Waals surface area contributed by atoms with E-state index in [9.17, 15) is 13.2 Å². The molecule has 0 amide bonds. The highest BCUT2D eigenvalue weighted by Gasteiger charge is 2.23. The van der Waals surface area contributed by atoms with Gasteiger partial charge in [-0.3, -0.25) is 9.69 Å². The summed E-state index contributed by atoms with van der Waals surface area (Å²) in [5.74, 6) is -1.04. The van der Waals surface area contributed by atoms with Crippen molar-refractivity contribution in [1.29, 1.82) is 0 Å². The number of sulfonamides is 1. The molecule has 3 N–H and O–H groups in total. The van der Waals surface area contributed by atoms with Crippen LogP contribution in [-0.4, -0.2) is 62.5 Å². The molecule has 1 aliphatic heterocycles. The third kappa shape index (κ3) is 5.40. The molecule has 1 fully saturated rings. The fourth-order valence-corrected chi connectivity index (χ4v) is 2.07. The van der Waals surface area contributed by atoms with Crippen LogP contribution in [0, 0.1) is 0 Å². The van der Waals surface area contributed by atoms with Gasteiger partial charge in [0, 0.05) is 19.6 Å². The summed E-state index contributed by atoms with van der Waals surface area (Å²) >= 11 is 0. The molecule has 1 rings (SSSR count). The van der Waals surface area contributed by atoms with Crippen LogP contribution in [0.3, 0.4) is 0 Å². The van der Waals surface area contributed by atoms with E-state index in [0.717, 1.165) is 0 Å². The second-order valence-electron chi connectivity index (χ2n) is 3.76. The first-order valence-corrected chi connectivity index (χ1v) is 6.64. The Morgan fingerprint density at radius 3 is 2.81 bits per heavy atom. The Morgan fingerprint density at radius 1 is 1.56 bits per heavy atom. The number of carboxylic acids is 1. The number of nitrogens with two attached hydrogens (primary N) is 1. The van der Waals surface area contributed by atoms with Gasteiger partial charge in [0.25, 0.3) is 0 Å². The fraction of sp³-hybridized carbons (Fsp3) is 0.875. The van der Waals surface area contributed by atoms with Gasteiger partial charge in [-0.05, 0) is 0 Å². The summed E-state index contributed by atoms with van der Waals surface area (Å²) in [4.78, 5) is 12.3. The molecule has 0 aromatic rings. The van der Waals surface area contributed by atoms with Crippen LogP contribution in [-0.2, 0) is 19.6 Å². The van der Waals surface area contributed by atoms with Gasteiger partial charge in [-0.15, -0.1) is 0 Å². The van der Waals surface area contributed by atoms with Crippen LogP contribution in [0.1, 0.15) is 6.42 Å². The summed E-state index contributed by atoms with van der Waals surface area (Å²) < 4.78 is 26.8. The molecule has 0 saturated carbocycles. The molecule has 16 heavy (non-hydrogen) atoms. The molecule has 8 heteroatoms. The molecule has 1 saturated heterocycles. The van der Waals surface area contributed by atoms with Crippen LogP contribution in [0.5, 0.6) is 0 Å². The predicted molar refractivity (Wildman–Crippen MR) is 56.4 cm³/mol. The van der Waals surface area contributed by atoms with E-state index in [0.29, 0.717) is 26.2 Å². The third-order valence-electron chi connectivity index (χ3n) is 2.32. The van der Waals surface area contributed by atoms with Gasteiger partial charge < -0.3 is 9.84 Å². The molecule has 94 valence electrons. The van der Waals surface area contributed by atoms with E-state index in [1.54, 1.807) is 0 Å². The zero-order valence-electron chi connectivity index (χ0n) is 8.83. The Morgan fingerprint density at radius 2 is 2.25 bits per heavy atom. The Hall–Kier alpha value is -0.700. The van der Waals surface area contributed by atoms with Crippen molar-refractivity contribution in [3.8, 4) is 0 Å². The van der Waals surface area contributed by atoms with E-state index >= 15 is 0 Å². The highest BCUT2D eigenvalue weighted by Crippen LogP contribution is 2.08. The highest BCUT2D eigenvalue weighted by atomic mass is 32.2. The van der Waals surface area contributed by atoms with E-state index in [2.05, 4.69) is 0 Å². The first-order chi connectivity index (χ1) is 7.37. The molecule has 1 atom stereocenters. The van der Waals surface area contributed by atoms with Crippen LogP contribution < -0.4 is 5.14 Å². The lowest BCUT2D eigenvalue weighted by Gasteiger charge is -2.31. The summed E-state index contributed by atoms with van der Waals surface area (Å²) in [5, 5.41) is 13.5. The zero-order chi connectivity index (χ0) is 12.2. The molecular weight excluding hydrogens is 236 g/mol. The Labute approximate surface area is 94.2 Å². The normalized spacial score (nSPS) is 23.2. The van der Waals surface area contributed by atoms with Gasteiger partial charge in [0.15, 0.2) is 0 Å². The summed E-state index contributed by atoms with van der Waals surface area (Å²) in [7, 11) is -3.46. The Kier molecular flexibility index (Phi) is 4.66. The maximum atomic E-state index is 10.8. The van der Waals surface area contributed by atoms with Crippen molar-refractivity contribution in [1.82, 2.24) is 4.90 Å². The largest absolute Gasteiger partial charge is 0.481 e.